The molecule has 4 N–H and O–H groups in total. The number of halogens is 2. The lowest BCUT2D eigenvalue weighted by Gasteiger charge is -2.41. The second kappa shape index (κ2) is 8.35. The molecule has 0 bridgehead atoms. The highest BCUT2D eigenvalue weighted by atomic mass is 35.5. The van der Waals surface area contributed by atoms with Crippen LogP contribution in [-0.2, 0) is 22.1 Å². The van der Waals surface area contributed by atoms with Gasteiger partial charge in [0.15, 0.2) is 0 Å². The van der Waals surface area contributed by atoms with Crippen molar-refractivity contribution >= 4 is 56.1 Å². The molecule has 2 aromatic rings. The first-order chi connectivity index (χ1) is 14.0. The van der Waals surface area contributed by atoms with Crippen molar-refractivity contribution in [2.45, 2.75) is 24.8 Å². The summed E-state index contributed by atoms with van der Waals surface area (Å²) in [7, 11) is -0.773. The number of piperidine rings is 1. The Morgan fingerprint density at radius 2 is 2.00 bits per heavy atom. The number of carbonyl (C=O) groups excluding carboxylic acids is 2. The van der Waals surface area contributed by atoms with E-state index in [9.17, 15) is 18.0 Å². The number of aromatic nitrogens is 1. The van der Waals surface area contributed by atoms with Crippen molar-refractivity contribution < 1.29 is 18.0 Å². The minimum Gasteiger partial charge on any atom is -0.359 e. The van der Waals surface area contributed by atoms with Gasteiger partial charge in [-0.3, -0.25) is 9.59 Å². The summed E-state index contributed by atoms with van der Waals surface area (Å²) in [6, 6.07) is 5.02. The number of carbonyl (C=O) groups is 2. The van der Waals surface area contributed by atoms with Gasteiger partial charge < -0.3 is 15.2 Å². The van der Waals surface area contributed by atoms with Crippen LogP contribution in [0.1, 0.15) is 29.8 Å². The van der Waals surface area contributed by atoms with Crippen LogP contribution in [0.3, 0.4) is 0 Å². The Bertz CT molecular complexity index is 1120. The fourth-order valence-electron chi connectivity index (χ4n) is 3.86. The third-order valence-electron chi connectivity index (χ3n) is 5.40. The molecular formula is C18H23Cl2N5O4S. The van der Waals surface area contributed by atoms with Gasteiger partial charge in [-0.05, 0) is 31.0 Å². The Morgan fingerprint density at radius 1 is 1.30 bits per heavy atom. The van der Waals surface area contributed by atoms with E-state index in [0.29, 0.717) is 39.5 Å². The minimum atomic E-state index is -3.97. The average molecular weight is 476 g/mol. The molecule has 1 saturated heterocycles. The van der Waals surface area contributed by atoms with E-state index in [1.807, 2.05) is 0 Å². The summed E-state index contributed by atoms with van der Waals surface area (Å²) in [4.78, 5) is 25.3. The van der Waals surface area contributed by atoms with Crippen molar-refractivity contribution in [3.05, 3.63) is 33.9 Å². The van der Waals surface area contributed by atoms with Crippen LogP contribution < -0.4 is 15.8 Å². The van der Waals surface area contributed by atoms with Gasteiger partial charge in [0.05, 0.1) is 22.0 Å². The summed E-state index contributed by atoms with van der Waals surface area (Å²) in [6.45, 7) is 0.133. The van der Waals surface area contributed by atoms with Gasteiger partial charge in [0.1, 0.15) is 5.69 Å². The zero-order valence-corrected chi connectivity index (χ0v) is 18.9. The predicted octanol–water partition coefficient (Wildman–Crippen LogP) is 1.39. The summed E-state index contributed by atoms with van der Waals surface area (Å²) >= 11 is 12.4. The van der Waals surface area contributed by atoms with Gasteiger partial charge in [0.2, 0.25) is 5.91 Å². The summed E-state index contributed by atoms with van der Waals surface area (Å²) < 4.78 is 26.5. The molecule has 2 amide bonds. The largest absolute Gasteiger partial charge is 0.359 e. The topological polar surface area (TPSA) is 127 Å². The molecule has 0 saturated carbocycles. The summed E-state index contributed by atoms with van der Waals surface area (Å²) in [5.74, 6) is -0.778. The van der Waals surface area contributed by atoms with E-state index in [1.165, 1.54) is 7.05 Å². The van der Waals surface area contributed by atoms with E-state index in [2.05, 4.69) is 10.6 Å². The number of benzene rings is 1. The molecule has 12 heteroatoms. The molecule has 1 aliphatic rings. The first kappa shape index (κ1) is 22.8. The fraction of sp³-hybridized carbons (Fsp3) is 0.444. The first-order valence-corrected chi connectivity index (χ1v) is 11.5. The molecule has 1 unspecified atom stereocenters. The first-order valence-electron chi connectivity index (χ1n) is 9.22. The lowest BCUT2D eigenvalue weighted by Crippen LogP contribution is -2.62. The van der Waals surface area contributed by atoms with Crippen molar-refractivity contribution in [2.75, 3.05) is 20.1 Å². The number of amides is 2. The summed E-state index contributed by atoms with van der Waals surface area (Å²) in [5, 5.41) is 12.0. The van der Waals surface area contributed by atoms with Crippen molar-refractivity contribution in [3.63, 3.8) is 0 Å². The molecule has 2 heterocycles. The lowest BCUT2D eigenvalue weighted by atomic mass is 9.86. The minimum absolute atomic E-state index is 0.0855. The van der Waals surface area contributed by atoms with Crippen molar-refractivity contribution in [1.29, 1.82) is 0 Å². The molecule has 1 aromatic heterocycles. The number of hydrogen-bond acceptors (Lipinski definition) is 4. The number of nitrogens with one attached hydrogen (secondary N) is 2. The number of nitrogens with two attached hydrogens (primary N) is 1. The molecular weight excluding hydrogens is 453 g/mol. The number of aryl methyl sites for hydroxylation is 1. The molecule has 9 nitrogen and oxygen atoms in total. The Hall–Kier alpha value is -1.85. The SMILES string of the molecule is CNC(=O)CC1(NC(=O)c2cc3c(Cl)c(Cl)ccc3n2C)CCCN(S(N)(=O)=O)C1. The van der Waals surface area contributed by atoms with Crippen LogP contribution in [0, 0.1) is 0 Å². The smallest absolute Gasteiger partial charge is 0.276 e. The normalized spacial score (nSPS) is 20.3. The van der Waals surface area contributed by atoms with Crippen molar-refractivity contribution in [2.24, 2.45) is 12.2 Å². The number of rotatable bonds is 5. The van der Waals surface area contributed by atoms with Gasteiger partial charge >= 0.3 is 0 Å². The Kier molecular flexibility index (Phi) is 6.35. The third-order valence-corrected chi connectivity index (χ3v) is 7.25. The van der Waals surface area contributed by atoms with Crippen molar-refractivity contribution in [1.82, 2.24) is 19.5 Å². The number of hydrogen-bond donors (Lipinski definition) is 3. The van der Waals surface area contributed by atoms with E-state index in [4.69, 9.17) is 28.3 Å². The van der Waals surface area contributed by atoms with Crippen LogP contribution in [-0.4, -0.2) is 54.8 Å². The van der Waals surface area contributed by atoms with Crippen molar-refractivity contribution in [3.8, 4) is 0 Å². The quantitative estimate of drug-likeness (QED) is 0.603. The van der Waals surface area contributed by atoms with E-state index < -0.39 is 21.7 Å². The van der Waals surface area contributed by atoms with E-state index in [0.717, 1.165) is 4.31 Å². The van der Waals surface area contributed by atoms with Gasteiger partial charge in [-0.25, -0.2) is 5.14 Å². The van der Waals surface area contributed by atoms with E-state index >= 15 is 0 Å². The van der Waals surface area contributed by atoms with Crippen LogP contribution in [0.5, 0.6) is 0 Å². The molecule has 164 valence electrons. The molecule has 1 aliphatic heterocycles. The lowest BCUT2D eigenvalue weighted by molar-refractivity contribution is -0.122. The van der Waals surface area contributed by atoms with Crippen LogP contribution in [0.4, 0.5) is 0 Å². The molecule has 0 spiro atoms. The Morgan fingerprint density at radius 3 is 2.63 bits per heavy atom. The van der Waals surface area contributed by atoms with Gasteiger partial charge in [0.25, 0.3) is 16.1 Å². The zero-order valence-electron chi connectivity index (χ0n) is 16.5. The summed E-state index contributed by atoms with van der Waals surface area (Å²) in [6.07, 6.45) is 0.788. The maximum Gasteiger partial charge on any atom is 0.276 e. The highest BCUT2D eigenvalue weighted by Gasteiger charge is 2.42. The maximum absolute atomic E-state index is 13.2. The Balaban J connectivity index is 1.98. The monoisotopic (exact) mass is 475 g/mol. The van der Waals surface area contributed by atoms with Gasteiger partial charge in [-0.15, -0.1) is 0 Å². The second-order valence-corrected chi connectivity index (χ2v) is 9.78. The highest BCUT2D eigenvalue weighted by Crippen LogP contribution is 2.33. The molecule has 0 radical (unpaired) electrons. The van der Waals surface area contributed by atoms with Gasteiger partial charge in [-0.1, -0.05) is 23.2 Å². The average Bonchev–Trinajstić information content (AvgIpc) is 3.01. The van der Waals surface area contributed by atoms with Crippen LogP contribution in [0.15, 0.2) is 18.2 Å². The maximum atomic E-state index is 13.2. The molecule has 1 aromatic carbocycles. The molecule has 1 atom stereocenters. The Labute approximate surface area is 184 Å². The molecule has 30 heavy (non-hydrogen) atoms. The van der Waals surface area contributed by atoms with Crippen LogP contribution in [0.25, 0.3) is 10.9 Å². The van der Waals surface area contributed by atoms with Gasteiger partial charge in [0, 0.05) is 38.1 Å². The number of fused-ring (bicyclic) bond motifs is 1. The molecule has 1 fully saturated rings. The predicted molar refractivity (Wildman–Crippen MR) is 116 cm³/mol. The van der Waals surface area contributed by atoms with E-state index in [1.54, 1.807) is 29.8 Å². The highest BCUT2D eigenvalue weighted by molar-refractivity contribution is 7.86. The zero-order chi connectivity index (χ0) is 22.3. The standard InChI is InChI=1S/C18H23Cl2N5O4S/c1-22-15(26)9-18(6-3-7-25(10-18)30(21,28)29)23-17(27)14-8-11-13(24(14)2)5-4-12(19)16(11)20/h4-5,8H,3,6-7,9-10H2,1-2H3,(H,22,26)(H,23,27)(H2,21,28,29). The van der Waals surface area contributed by atoms with E-state index in [-0.39, 0.29) is 25.4 Å². The number of nitrogens with zero attached hydrogens (tertiary/aromatic N) is 2. The summed E-state index contributed by atoms with van der Waals surface area (Å²) in [5.41, 5.74) is -0.0809. The molecule has 0 aliphatic carbocycles. The third kappa shape index (κ3) is 4.42. The molecule has 3 rings (SSSR count). The fourth-order valence-corrected chi connectivity index (χ4v) is 5.05. The van der Waals surface area contributed by atoms with Crippen LogP contribution >= 0.6 is 23.2 Å². The van der Waals surface area contributed by atoms with Crippen LogP contribution in [0.2, 0.25) is 10.0 Å². The second-order valence-electron chi connectivity index (χ2n) is 7.45. The van der Waals surface area contributed by atoms with Gasteiger partial charge in [-0.2, -0.15) is 12.7 Å².